The van der Waals surface area contributed by atoms with Crippen molar-refractivity contribution in [2.24, 2.45) is 5.73 Å². The van der Waals surface area contributed by atoms with Gasteiger partial charge in [-0.1, -0.05) is 30.3 Å². The molecule has 0 fully saturated rings. The Morgan fingerprint density at radius 3 is 2.55 bits per heavy atom. The number of hydrogen-bond acceptors (Lipinski definition) is 4. The van der Waals surface area contributed by atoms with E-state index in [9.17, 15) is 14.4 Å². The third kappa shape index (κ3) is 6.95. The van der Waals surface area contributed by atoms with Crippen molar-refractivity contribution < 1.29 is 19.1 Å². The number of benzene rings is 1. The molecule has 0 heterocycles. The molecule has 1 aromatic carbocycles. The van der Waals surface area contributed by atoms with E-state index in [0.29, 0.717) is 0 Å². The fourth-order valence-electron chi connectivity index (χ4n) is 1.31. The molecule has 106 valence electrons. The van der Waals surface area contributed by atoms with Crippen molar-refractivity contribution >= 4 is 23.9 Å². The maximum absolute atomic E-state index is 11.4. The van der Waals surface area contributed by atoms with Crippen LogP contribution in [0.1, 0.15) is 12.0 Å². The van der Waals surface area contributed by atoms with Crippen molar-refractivity contribution in [2.75, 3.05) is 13.2 Å². The maximum Gasteiger partial charge on any atom is 0.308 e. The summed E-state index contributed by atoms with van der Waals surface area (Å²) in [4.78, 5) is 32.9. The minimum Gasteiger partial charge on any atom is -0.456 e. The van der Waals surface area contributed by atoms with Gasteiger partial charge in [-0.25, -0.2) is 0 Å². The van der Waals surface area contributed by atoms with Gasteiger partial charge in [-0.15, -0.1) is 0 Å². The molecule has 0 saturated heterocycles. The van der Waals surface area contributed by atoms with E-state index in [0.717, 1.165) is 5.56 Å². The molecule has 0 bridgehead atoms. The van der Waals surface area contributed by atoms with Crippen LogP contribution in [0.3, 0.4) is 0 Å². The van der Waals surface area contributed by atoms with E-state index in [1.165, 1.54) is 6.08 Å². The molecule has 0 saturated carbocycles. The second kappa shape index (κ2) is 8.47. The van der Waals surface area contributed by atoms with Gasteiger partial charge < -0.3 is 15.8 Å². The Hall–Kier alpha value is -2.63. The van der Waals surface area contributed by atoms with Crippen molar-refractivity contribution in [1.29, 1.82) is 0 Å². The first-order chi connectivity index (χ1) is 9.58. The average molecular weight is 276 g/mol. The molecule has 0 aliphatic heterocycles. The lowest BCUT2D eigenvalue weighted by atomic mass is 10.2. The highest BCUT2D eigenvalue weighted by molar-refractivity contribution is 5.91. The second-order valence-electron chi connectivity index (χ2n) is 3.91. The zero-order chi connectivity index (χ0) is 14.8. The van der Waals surface area contributed by atoms with Crippen LogP contribution in [0.4, 0.5) is 0 Å². The molecular weight excluding hydrogens is 260 g/mol. The SMILES string of the molecule is NC(=O)COC(=O)CCNC(=O)/C=C/c1ccccc1. The summed E-state index contributed by atoms with van der Waals surface area (Å²) in [6, 6.07) is 9.35. The predicted molar refractivity (Wildman–Crippen MR) is 73.3 cm³/mol. The van der Waals surface area contributed by atoms with Gasteiger partial charge in [0.05, 0.1) is 6.42 Å². The quantitative estimate of drug-likeness (QED) is 0.550. The van der Waals surface area contributed by atoms with Gasteiger partial charge in [-0.05, 0) is 11.6 Å². The first kappa shape index (κ1) is 15.4. The van der Waals surface area contributed by atoms with E-state index in [-0.39, 0.29) is 18.9 Å². The van der Waals surface area contributed by atoms with Crippen LogP contribution in [0.15, 0.2) is 36.4 Å². The lowest BCUT2D eigenvalue weighted by molar-refractivity contribution is -0.147. The van der Waals surface area contributed by atoms with Crippen LogP contribution in [0.2, 0.25) is 0 Å². The first-order valence-corrected chi connectivity index (χ1v) is 6.03. The highest BCUT2D eigenvalue weighted by atomic mass is 16.5. The van der Waals surface area contributed by atoms with Crippen LogP contribution in [-0.2, 0) is 19.1 Å². The number of nitrogens with one attached hydrogen (secondary N) is 1. The van der Waals surface area contributed by atoms with Crippen LogP contribution < -0.4 is 11.1 Å². The summed E-state index contributed by atoms with van der Waals surface area (Å²) >= 11 is 0. The largest absolute Gasteiger partial charge is 0.456 e. The number of amides is 2. The predicted octanol–water partition coefficient (Wildman–Crippen LogP) is 0.235. The van der Waals surface area contributed by atoms with Crippen molar-refractivity contribution in [3.63, 3.8) is 0 Å². The lowest BCUT2D eigenvalue weighted by Gasteiger charge is -2.03. The zero-order valence-corrected chi connectivity index (χ0v) is 10.9. The molecule has 0 radical (unpaired) electrons. The number of rotatable bonds is 7. The number of hydrogen-bond donors (Lipinski definition) is 2. The normalized spacial score (nSPS) is 10.2. The summed E-state index contributed by atoms with van der Waals surface area (Å²) < 4.78 is 4.53. The third-order valence-corrected chi connectivity index (χ3v) is 2.23. The third-order valence-electron chi connectivity index (χ3n) is 2.23. The fraction of sp³-hybridized carbons (Fsp3) is 0.214. The molecule has 6 heteroatoms. The van der Waals surface area contributed by atoms with Crippen molar-refractivity contribution in [1.82, 2.24) is 5.32 Å². The number of carbonyl (C=O) groups excluding carboxylic acids is 3. The van der Waals surface area contributed by atoms with E-state index < -0.39 is 18.5 Å². The fourth-order valence-corrected chi connectivity index (χ4v) is 1.31. The van der Waals surface area contributed by atoms with Gasteiger partial charge in [0.1, 0.15) is 0 Å². The lowest BCUT2D eigenvalue weighted by Crippen LogP contribution is -2.26. The summed E-state index contributed by atoms with van der Waals surface area (Å²) in [7, 11) is 0. The topological polar surface area (TPSA) is 98.5 Å². The number of carbonyl (C=O) groups is 3. The summed E-state index contributed by atoms with van der Waals surface area (Å²) in [5, 5.41) is 2.53. The van der Waals surface area contributed by atoms with Crippen LogP contribution in [0.5, 0.6) is 0 Å². The average Bonchev–Trinajstić information content (AvgIpc) is 2.44. The van der Waals surface area contributed by atoms with Crippen LogP contribution in [-0.4, -0.2) is 30.9 Å². The van der Waals surface area contributed by atoms with Crippen LogP contribution >= 0.6 is 0 Å². The molecule has 1 rings (SSSR count). The Bertz CT molecular complexity index is 497. The van der Waals surface area contributed by atoms with Gasteiger partial charge in [-0.3, -0.25) is 14.4 Å². The highest BCUT2D eigenvalue weighted by Gasteiger charge is 2.05. The Morgan fingerprint density at radius 1 is 1.20 bits per heavy atom. The molecule has 0 aliphatic rings. The van der Waals surface area contributed by atoms with E-state index >= 15 is 0 Å². The number of ether oxygens (including phenoxy) is 1. The van der Waals surface area contributed by atoms with E-state index in [2.05, 4.69) is 10.1 Å². The summed E-state index contributed by atoms with van der Waals surface area (Å²) in [6.07, 6.45) is 3.03. The molecule has 3 N–H and O–H groups in total. The van der Waals surface area contributed by atoms with E-state index in [4.69, 9.17) is 5.73 Å². The molecular formula is C14H16N2O4. The number of primary amides is 1. The number of esters is 1. The molecule has 0 unspecified atom stereocenters. The molecule has 6 nitrogen and oxygen atoms in total. The Labute approximate surface area is 116 Å². The highest BCUT2D eigenvalue weighted by Crippen LogP contribution is 2.00. The van der Waals surface area contributed by atoms with Gasteiger partial charge in [0.25, 0.3) is 5.91 Å². The van der Waals surface area contributed by atoms with E-state index in [1.807, 2.05) is 30.3 Å². The molecule has 0 aromatic heterocycles. The first-order valence-electron chi connectivity index (χ1n) is 6.03. The Balaban J connectivity index is 2.22. The van der Waals surface area contributed by atoms with Gasteiger partial charge in [0.2, 0.25) is 5.91 Å². The zero-order valence-electron chi connectivity index (χ0n) is 10.9. The van der Waals surface area contributed by atoms with Crippen molar-refractivity contribution in [3.8, 4) is 0 Å². The van der Waals surface area contributed by atoms with Crippen molar-refractivity contribution in [2.45, 2.75) is 6.42 Å². The van der Waals surface area contributed by atoms with Gasteiger partial charge in [-0.2, -0.15) is 0 Å². The van der Waals surface area contributed by atoms with Gasteiger partial charge >= 0.3 is 5.97 Å². The standard InChI is InChI=1S/C14H16N2O4/c15-12(17)10-20-14(19)8-9-16-13(18)7-6-11-4-2-1-3-5-11/h1-7H,8-10H2,(H2,15,17)(H,16,18)/b7-6+. The van der Waals surface area contributed by atoms with Crippen LogP contribution in [0.25, 0.3) is 6.08 Å². The molecule has 20 heavy (non-hydrogen) atoms. The van der Waals surface area contributed by atoms with Gasteiger partial charge in [0, 0.05) is 12.6 Å². The molecule has 0 aliphatic carbocycles. The van der Waals surface area contributed by atoms with Gasteiger partial charge in [0.15, 0.2) is 6.61 Å². The summed E-state index contributed by atoms with van der Waals surface area (Å²) in [5.41, 5.74) is 5.72. The minimum absolute atomic E-state index is 0.0157. The Kier molecular flexibility index (Phi) is 6.53. The summed E-state index contributed by atoms with van der Waals surface area (Å²) in [6.45, 7) is -0.309. The minimum atomic E-state index is -0.715. The summed E-state index contributed by atoms with van der Waals surface area (Å²) in [5.74, 6) is -1.61. The maximum atomic E-state index is 11.4. The molecule has 0 spiro atoms. The molecule has 2 amide bonds. The van der Waals surface area contributed by atoms with Crippen molar-refractivity contribution in [3.05, 3.63) is 42.0 Å². The van der Waals surface area contributed by atoms with Crippen LogP contribution in [0, 0.1) is 0 Å². The second-order valence-corrected chi connectivity index (χ2v) is 3.91. The monoisotopic (exact) mass is 276 g/mol. The number of nitrogens with two attached hydrogens (primary N) is 1. The smallest absolute Gasteiger partial charge is 0.308 e. The van der Waals surface area contributed by atoms with E-state index in [1.54, 1.807) is 6.08 Å². The Morgan fingerprint density at radius 2 is 1.90 bits per heavy atom. The molecule has 0 atom stereocenters. The molecule has 1 aromatic rings.